The molecule has 0 saturated heterocycles. The minimum absolute atomic E-state index is 0.0173. The van der Waals surface area contributed by atoms with Gasteiger partial charge in [0.05, 0.1) is 19.5 Å². The lowest BCUT2D eigenvalue weighted by molar-refractivity contribution is -0.142. The summed E-state index contributed by atoms with van der Waals surface area (Å²) in [4.78, 5) is 36.8. The number of nitrogens with zero attached hydrogens (tertiary/aromatic N) is 3. The van der Waals surface area contributed by atoms with Crippen LogP contribution in [0.5, 0.6) is 0 Å². The molecule has 112 valence electrons. The number of carboxylic acids is 1. The minimum atomic E-state index is -1.36. The number of fused-ring (bicyclic) bond motifs is 1. The van der Waals surface area contributed by atoms with E-state index in [2.05, 4.69) is 30.6 Å². The van der Waals surface area contributed by atoms with Crippen molar-refractivity contribution in [3.05, 3.63) is 6.33 Å². The molecule has 21 heavy (non-hydrogen) atoms. The Morgan fingerprint density at radius 2 is 2.19 bits per heavy atom. The van der Waals surface area contributed by atoms with E-state index in [1.807, 2.05) is 0 Å². The molecule has 0 aliphatic rings. The Balaban J connectivity index is 2.03. The van der Waals surface area contributed by atoms with Crippen LogP contribution >= 0.6 is 0 Å². The number of aromatic nitrogens is 4. The normalized spacial score (nSPS) is 12.0. The molecule has 0 spiro atoms. The average molecular weight is 295 g/mol. The van der Waals surface area contributed by atoms with Gasteiger partial charge < -0.3 is 31.6 Å². The van der Waals surface area contributed by atoms with E-state index < -0.39 is 24.5 Å². The number of amides is 1. The van der Waals surface area contributed by atoms with Crippen molar-refractivity contribution in [2.75, 3.05) is 24.2 Å². The number of aliphatic hydroxyl groups excluding tert-OH is 1. The molecule has 2 aromatic rings. The highest BCUT2D eigenvalue weighted by Gasteiger charge is 2.18. The zero-order valence-electron chi connectivity index (χ0n) is 10.7. The summed E-state index contributed by atoms with van der Waals surface area (Å²) in [6.07, 6.45) is 1.40. The van der Waals surface area contributed by atoms with E-state index in [0.29, 0.717) is 11.2 Å². The van der Waals surface area contributed by atoms with E-state index in [1.165, 1.54) is 6.33 Å². The molecule has 1 amide bonds. The van der Waals surface area contributed by atoms with Gasteiger partial charge in [0.15, 0.2) is 11.5 Å². The number of nitrogens with two attached hydrogens (primary N) is 1. The number of carbonyl (C=O) groups is 2. The molecule has 7 N–H and O–H groups in total. The Bertz CT molecular complexity index is 670. The second-order valence-electron chi connectivity index (χ2n) is 4.03. The van der Waals surface area contributed by atoms with E-state index >= 15 is 0 Å². The first kappa shape index (κ1) is 14.5. The van der Waals surface area contributed by atoms with Crippen molar-refractivity contribution in [3.8, 4) is 0 Å². The second-order valence-corrected chi connectivity index (χ2v) is 4.03. The number of nitrogens with one attached hydrogen (secondary N) is 3. The van der Waals surface area contributed by atoms with Crippen molar-refractivity contribution >= 4 is 34.8 Å². The van der Waals surface area contributed by atoms with Crippen LogP contribution in [-0.2, 0) is 9.59 Å². The quantitative estimate of drug-likeness (QED) is 0.348. The van der Waals surface area contributed by atoms with Crippen LogP contribution in [-0.4, -0.2) is 61.2 Å². The number of hydrogen-bond donors (Lipinski definition) is 6. The zero-order chi connectivity index (χ0) is 15.4. The zero-order valence-corrected chi connectivity index (χ0v) is 10.7. The van der Waals surface area contributed by atoms with Gasteiger partial charge >= 0.3 is 5.97 Å². The van der Waals surface area contributed by atoms with Crippen molar-refractivity contribution < 1.29 is 19.8 Å². The average Bonchev–Trinajstić information content (AvgIpc) is 2.89. The first-order valence-corrected chi connectivity index (χ1v) is 5.84. The SMILES string of the molecule is Nc1nc(NCC(=O)N[C@@H](CO)C(=O)O)c2[nH]cnc2n1. The van der Waals surface area contributed by atoms with Crippen molar-refractivity contribution in [2.24, 2.45) is 0 Å². The highest BCUT2D eigenvalue weighted by molar-refractivity contribution is 5.89. The Labute approximate surface area is 117 Å². The Kier molecular flexibility index (Phi) is 4.13. The number of aliphatic hydroxyl groups is 1. The van der Waals surface area contributed by atoms with E-state index in [4.69, 9.17) is 15.9 Å². The lowest BCUT2D eigenvalue weighted by Crippen LogP contribution is -2.45. The van der Waals surface area contributed by atoms with Crippen molar-refractivity contribution in [1.29, 1.82) is 0 Å². The summed E-state index contributed by atoms with van der Waals surface area (Å²) in [5.74, 6) is -1.70. The van der Waals surface area contributed by atoms with Crippen molar-refractivity contribution in [2.45, 2.75) is 6.04 Å². The first-order valence-electron chi connectivity index (χ1n) is 5.84. The predicted octanol–water partition coefficient (Wildman–Crippen LogP) is -2.09. The molecule has 0 aliphatic heterocycles. The van der Waals surface area contributed by atoms with Crippen LogP contribution in [0.2, 0.25) is 0 Å². The number of anilines is 2. The smallest absolute Gasteiger partial charge is 0.328 e. The number of nitrogen functional groups attached to an aromatic ring is 1. The summed E-state index contributed by atoms with van der Waals surface area (Å²) in [5.41, 5.74) is 6.31. The van der Waals surface area contributed by atoms with Gasteiger partial charge in [-0.15, -0.1) is 0 Å². The fraction of sp³-hybridized carbons (Fsp3) is 0.300. The number of H-pyrrole nitrogens is 1. The third kappa shape index (κ3) is 3.33. The maximum atomic E-state index is 11.6. The lowest BCUT2D eigenvalue weighted by atomic mass is 10.3. The summed E-state index contributed by atoms with van der Waals surface area (Å²) < 4.78 is 0. The van der Waals surface area contributed by atoms with Crippen LogP contribution < -0.4 is 16.4 Å². The molecular formula is C10H13N7O4. The fourth-order valence-corrected chi connectivity index (χ4v) is 1.57. The number of aromatic amines is 1. The Morgan fingerprint density at radius 3 is 2.86 bits per heavy atom. The van der Waals surface area contributed by atoms with E-state index in [-0.39, 0.29) is 18.3 Å². The third-order valence-electron chi connectivity index (χ3n) is 2.54. The molecule has 11 heteroatoms. The minimum Gasteiger partial charge on any atom is -0.480 e. The fourth-order valence-electron chi connectivity index (χ4n) is 1.57. The van der Waals surface area contributed by atoms with Gasteiger partial charge in [0.2, 0.25) is 11.9 Å². The van der Waals surface area contributed by atoms with Gasteiger partial charge in [-0.25, -0.2) is 9.78 Å². The van der Waals surface area contributed by atoms with Crippen LogP contribution in [0.25, 0.3) is 11.2 Å². The molecule has 0 saturated carbocycles. The van der Waals surface area contributed by atoms with Crippen molar-refractivity contribution in [1.82, 2.24) is 25.3 Å². The van der Waals surface area contributed by atoms with E-state index in [9.17, 15) is 9.59 Å². The molecule has 2 aromatic heterocycles. The monoisotopic (exact) mass is 295 g/mol. The number of carboxylic acid groups (broad SMARTS) is 1. The Hall–Kier alpha value is -2.95. The number of rotatable bonds is 6. The van der Waals surface area contributed by atoms with E-state index in [0.717, 1.165) is 0 Å². The predicted molar refractivity (Wildman–Crippen MR) is 71.2 cm³/mol. The number of aliphatic carboxylic acids is 1. The summed E-state index contributed by atoms with van der Waals surface area (Å²) in [6.45, 7) is -0.958. The van der Waals surface area contributed by atoms with Gasteiger partial charge in [-0.1, -0.05) is 0 Å². The summed E-state index contributed by atoms with van der Waals surface area (Å²) >= 11 is 0. The summed E-state index contributed by atoms with van der Waals surface area (Å²) in [5, 5.41) is 22.4. The number of imidazole rings is 1. The molecule has 0 radical (unpaired) electrons. The molecular weight excluding hydrogens is 282 g/mol. The largest absolute Gasteiger partial charge is 0.480 e. The van der Waals surface area contributed by atoms with Gasteiger partial charge in [0.25, 0.3) is 0 Å². The standard InChI is InChI=1S/C10H13N7O4/c11-10-16-7(6-8(17-10)14-3-13-6)12-1-5(19)15-4(2-18)9(20)21/h3-4,18H,1-2H2,(H,15,19)(H,20,21)(H4,11,12,13,14,16,17)/t4-/m0/s1. The highest BCUT2D eigenvalue weighted by Crippen LogP contribution is 2.16. The highest BCUT2D eigenvalue weighted by atomic mass is 16.4. The molecule has 0 aromatic carbocycles. The molecule has 2 rings (SSSR count). The third-order valence-corrected chi connectivity index (χ3v) is 2.54. The topological polar surface area (TPSA) is 179 Å². The van der Waals surface area contributed by atoms with E-state index in [1.54, 1.807) is 0 Å². The van der Waals surface area contributed by atoms with Crippen LogP contribution in [0.4, 0.5) is 11.8 Å². The van der Waals surface area contributed by atoms with Crippen LogP contribution in [0.15, 0.2) is 6.33 Å². The maximum Gasteiger partial charge on any atom is 0.328 e. The summed E-state index contributed by atoms with van der Waals surface area (Å²) in [6, 6.07) is -1.36. The van der Waals surface area contributed by atoms with Gasteiger partial charge in [-0.05, 0) is 0 Å². The van der Waals surface area contributed by atoms with Gasteiger partial charge in [-0.3, -0.25) is 4.79 Å². The Morgan fingerprint density at radius 1 is 1.43 bits per heavy atom. The molecule has 0 fully saturated rings. The number of hydrogen-bond acceptors (Lipinski definition) is 8. The number of carbonyl (C=O) groups excluding carboxylic acids is 1. The van der Waals surface area contributed by atoms with Crippen LogP contribution in [0, 0.1) is 0 Å². The lowest BCUT2D eigenvalue weighted by Gasteiger charge is -2.12. The van der Waals surface area contributed by atoms with Gasteiger partial charge in [-0.2, -0.15) is 9.97 Å². The van der Waals surface area contributed by atoms with Gasteiger partial charge in [0, 0.05) is 0 Å². The van der Waals surface area contributed by atoms with Crippen LogP contribution in [0.3, 0.4) is 0 Å². The molecule has 1 atom stereocenters. The molecule has 0 unspecified atom stereocenters. The molecule has 11 nitrogen and oxygen atoms in total. The second kappa shape index (κ2) is 6.00. The first-order chi connectivity index (χ1) is 10.0. The van der Waals surface area contributed by atoms with Gasteiger partial charge in [0.1, 0.15) is 11.6 Å². The van der Waals surface area contributed by atoms with Crippen LogP contribution in [0.1, 0.15) is 0 Å². The van der Waals surface area contributed by atoms with Crippen molar-refractivity contribution in [3.63, 3.8) is 0 Å². The molecule has 0 aliphatic carbocycles. The molecule has 0 bridgehead atoms. The maximum absolute atomic E-state index is 11.6. The molecule has 2 heterocycles. The summed E-state index contributed by atoms with van der Waals surface area (Å²) in [7, 11) is 0.